The summed E-state index contributed by atoms with van der Waals surface area (Å²) in [6.07, 6.45) is 7.22. The molecule has 62 valence electrons. The van der Waals surface area contributed by atoms with Crippen molar-refractivity contribution in [1.29, 1.82) is 0 Å². The number of fused-ring (bicyclic) bond motifs is 1. The third-order valence-corrected chi connectivity index (χ3v) is 2.58. The molecule has 0 amide bonds. The largest absolute Gasteiger partial charge is 0.0761 e. The highest BCUT2D eigenvalue weighted by Gasteiger charge is 2.03. The Bertz CT molecular complexity index is 373. The molecule has 12 heavy (non-hydrogen) atoms. The van der Waals surface area contributed by atoms with Gasteiger partial charge in [-0.2, -0.15) is 0 Å². The predicted octanol–water partition coefficient (Wildman–Crippen LogP) is 1.68. The van der Waals surface area contributed by atoms with E-state index in [2.05, 4.69) is 43.3 Å². The van der Waals surface area contributed by atoms with Crippen molar-refractivity contribution in [2.75, 3.05) is 0 Å². The third-order valence-electron chi connectivity index (χ3n) is 2.58. The average molecular weight is 158 g/mol. The lowest BCUT2D eigenvalue weighted by Gasteiger charge is -2.10. The van der Waals surface area contributed by atoms with Crippen molar-refractivity contribution in [2.24, 2.45) is 5.92 Å². The van der Waals surface area contributed by atoms with Crippen LogP contribution in [0.2, 0.25) is 0 Å². The second-order valence-electron chi connectivity index (χ2n) is 3.40. The molecule has 0 heteroatoms. The van der Waals surface area contributed by atoms with Crippen molar-refractivity contribution in [2.45, 2.75) is 19.8 Å². The molecule has 0 nitrogen and oxygen atoms in total. The monoisotopic (exact) mass is 158 g/mol. The Kier molecular flexibility index (Phi) is 1.99. The van der Waals surface area contributed by atoms with E-state index in [1.165, 1.54) is 23.3 Å². The van der Waals surface area contributed by atoms with Crippen LogP contribution in [0.15, 0.2) is 24.3 Å². The first-order chi connectivity index (χ1) is 5.90. The van der Waals surface area contributed by atoms with E-state index in [4.69, 9.17) is 0 Å². The SMILES string of the molecule is CCC1C=c2ccccc2=CC1. The highest BCUT2D eigenvalue weighted by Crippen LogP contribution is 2.11. The van der Waals surface area contributed by atoms with Crippen LogP contribution in [0, 0.1) is 5.92 Å². The van der Waals surface area contributed by atoms with E-state index in [0.29, 0.717) is 0 Å². The highest BCUT2D eigenvalue weighted by atomic mass is 14.1. The summed E-state index contributed by atoms with van der Waals surface area (Å²) in [6.45, 7) is 2.25. The van der Waals surface area contributed by atoms with Gasteiger partial charge in [0.2, 0.25) is 0 Å². The van der Waals surface area contributed by atoms with Crippen LogP contribution in [0.1, 0.15) is 19.8 Å². The van der Waals surface area contributed by atoms with Crippen molar-refractivity contribution < 1.29 is 0 Å². The Hall–Kier alpha value is -1.04. The van der Waals surface area contributed by atoms with Gasteiger partial charge in [-0.05, 0) is 29.2 Å². The number of benzene rings is 1. The van der Waals surface area contributed by atoms with E-state index in [0.717, 1.165) is 5.92 Å². The predicted molar refractivity (Wildman–Crippen MR) is 53.0 cm³/mol. The first-order valence-electron chi connectivity index (χ1n) is 4.67. The topological polar surface area (TPSA) is 0 Å². The van der Waals surface area contributed by atoms with Crippen LogP contribution in [-0.4, -0.2) is 0 Å². The van der Waals surface area contributed by atoms with Gasteiger partial charge in [0.15, 0.2) is 0 Å². The minimum absolute atomic E-state index is 0.764. The van der Waals surface area contributed by atoms with Crippen LogP contribution in [0.5, 0.6) is 0 Å². The molecule has 1 unspecified atom stereocenters. The zero-order valence-corrected chi connectivity index (χ0v) is 7.46. The van der Waals surface area contributed by atoms with Gasteiger partial charge in [-0.1, -0.05) is 43.3 Å². The average Bonchev–Trinajstić information content (AvgIpc) is 2.17. The summed E-state index contributed by atoms with van der Waals surface area (Å²) in [5.41, 5.74) is 0. The molecule has 1 aromatic rings. The Labute approximate surface area is 73.2 Å². The van der Waals surface area contributed by atoms with E-state index >= 15 is 0 Å². The van der Waals surface area contributed by atoms with E-state index in [1.807, 2.05) is 0 Å². The van der Waals surface area contributed by atoms with E-state index in [9.17, 15) is 0 Å². The molecule has 0 heterocycles. The Morgan fingerprint density at radius 3 is 2.75 bits per heavy atom. The molecule has 1 atom stereocenters. The van der Waals surface area contributed by atoms with Crippen LogP contribution in [0.4, 0.5) is 0 Å². The van der Waals surface area contributed by atoms with Gasteiger partial charge in [0.1, 0.15) is 0 Å². The summed E-state index contributed by atoms with van der Waals surface area (Å²) in [5.74, 6) is 0.764. The van der Waals surface area contributed by atoms with Crippen LogP contribution in [-0.2, 0) is 0 Å². The van der Waals surface area contributed by atoms with Gasteiger partial charge in [-0.15, -0.1) is 0 Å². The van der Waals surface area contributed by atoms with Crippen molar-refractivity contribution in [3.8, 4) is 0 Å². The smallest absolute Gasteiger partial charge is 0.0192 e. The molecule has 0 aliphatic heterocycles. The van der Waals surface area contributed by atoms with Gasteiger partial charge in [-0.25, -0.2) is 0 Å². The third kappa shape index (κ3) is 1.29. The molecule has 0 N–H and O–H groups in total. The lowest BCUT2D eigenvalue weighted by Crippen LogP contribution is -2.28. The van der Waals surface area contributed by atoms with Gasteiger partial charge in [0.25, 0.3) is 0 Å². The molecular formula is C12H14. The molecule has 0 aromatic heterocycles. The van der Waals surface area contributed by atoms with Crippen molar-refractivity contribution in [3.63, 3.8) is 0 Å². The summed E-state index contributed by atoms with van der Waals surface area (Å²) in [4.78, 5) is 0. The first kappa shape index (κ1) is 7.60. The molecule has 0 spiro atoms. The zero-order valence-electron chi connectivity index (χ0n) is 7.46. The quantitative estimate of drug-likeness (QED) is 0.583. The molecule has 0 bridgehead atoms. The Morgan fingerprint density at radius 2 is 2.00 bits per heavy atom. The highest BCUT2D eigenvalue weighted by molar-refractivity contribution is 5.40. The molecule has 0 fully saturated rings. The lowest BCUT2D eigenvalue weighted by atomic mass is 9.95. The minimum Gasteiger partial charge on any atom is -0.0761 e. The molecular weight excluding hydrogens is 144 g/mol. The van der Waals surface area contributed by atoms with Crippen LogP contribution >= 0.6 is 0 Å². The summed E-state index contributed by atoms with van der Waals surface area (Å²) >= 11 is 0. The van der Waals surface area contributed by atoms with Crippen LogP contribution < -0.4 is 10.4 Å². The molecule has 1 aromatic carbocycles. The molecule has 0 saturated heterocycles. The van der Waals surface area contributed by atoms with Crippen molar-refractivity contribution in [1.82, 2.24) is 0 Å². The molecule has 2 rings (SSSR count). The summed E-state index contributed by atoms with van der Waals surface area (Å²) in [5, 5.41) is 2.82. The standard InChI is InChI=1S/C12H14/c1-2-10-7-8-11-5-3-4-6-12(11)9-10/h3-6,8-10H,2,7H2,1H3. The van der Waals surface area contributed by atoms with E-state index in [-0.39, 0.29) is 0 Å². The first-order valence-corrected chi connectivity index (χ1v) is 4.67. The van der Waals surface area contributed by atoms with Gasteiger partial charge >= 0.3 is 0 Å². The lowest BCUT2D eigenvalue weighted by molar-refractivity contribution is 0.682. The maximum Gasteiger partial charge on any atom is -0.0192 e. The Balaban J connectivity index is 2.56. The maximum atomic E-state index is 2.40. The maximum absolute atomic E-state index is 2.40. The van der Waals surface area contributed by atoms with Crippen LogP contribution in [0.25, 0.3) is 12.2 Å². The molecule has 0 radical (unpaired) electrons. The molecule has 1 aliphatic carbocycles. The number of hydrogen-bond donors (Lipinski definition) is 0. The normalized spacial score (nSPS) is 20.6. The summed E-state index contributed by atoms with van der Waals surface area (Å²) in [7, 11) is 0. The molecule has 0 saturated carbocycles. The summed E-state index contributed by atoms with van der Waals surface area (Å²) in [6, 6.07) is 8.61. The number of rotatable bonds is 1. The van der Waals surface area contributed by atoms with Crippen molar-refractivity contribution in [3.05, 3.63) is 34.7 Å². The fourth-order valence-corrected chi connectivity index (χ4v) is 1.73. The summed E-state index contributed by atoms with van der Waals surface area (Å²) < 4.78 is 0. The van der Waals surface area contributed by atoms with E-state index < -0.39 is 0 Å². The van der Waals surface area contributed by atoms with Crippen LogP contribution in [0.3, 0.4) is 0 Å². The fourth-order valence-electron chi connectivity index (χ4n) is 1.73. The van der Waals surface area contributed by atoms with E-state index in [1.54, 1.807) is 0 Å². The Morgan fingerprint density at radius 1 is 1.25 bits per heavy atom. The fraction of sp³-hybridized carbons (Fsp3) is 0.333. The number of hydrogen-bond acceptors (Lipinski definition) is 0. The second-order valence-corrected chi connectivity index (χ2v) is 3.40. The molecule has 1 aliphatic rings. The van der Waals surface area contributed by atoms with Gasteiger partial charge in [0.05, 0.1) is 0 Å². The second kappa shape index (κ2) is 3.14. The zero-order chi connectivity index (χ0) is 8.39. The van der Waals surface area contributed by atoms with Gasteiger partial charge < -0.3 is 0 Å². The van der Waals surface area contributed by atoms with Gasteiger partial charge in [0, 0.05) is 0 Å². The minimum atomic E-state index is 0.764. The van der Waals surface area contributed by atoms with Gasteiger partial charge in [-0.3, -0.25) is 0 Å². The van der Waals surface area contributed by atoms with Crippen molar-refractivity contribution >= 4 is 12.2 Å².